The molecule has 21 heavy (non-hydrogen) atoms. The van der Waals surface area contributed by atoms with Gasteiger partial charge in [-0.1, -0.05) is 29.4 Å². The number of thioether (sulfide) groups is 1. The number of carbonyl (C=O) groups excluding carboxylic acids is 1. The van der Waals surface area contributed by atoms with Crippen LogP contribution in [0.4, 0.5) is 5.69 Å². The lowest BCUT2D eigenvalue weighted by molar-refractivity contribution is -0.115. The van der Waals surface area contributed by atoms with Crippen LogP contribution in [0.15, 0.2) is 47.6 Å². The van der Waals surface area contributed by atoms with Crippen molar-refractivity contribution in [2.75, 3.05) is 12.4 Å². The summed E-state index contributed by atoms with van der Waals surface area (Å²) in [5.41, 5.74) is 0.559. The standard InChI is InChI=1S/C15H15ClN2O2S/c1-10(21-14-5-3-4-8-17-14)15(19)18-12-9-11(16)6-7-13(12)20-2/h3-10H,1-2H3,(H,18,19)/t10-/m0/s1. The van der Waals surface area contributed by atoms with Crippen LogP contribution in [-0.2, 0) is 4.79 Å². The van der Waals surface area contributed by atoms with Gasteiger partial charge in [-0.25, -0.2) is 4.98 Å². The third-order valence-corrected chi connectivity index (χ3v) is 4.01. The van der Waals surface area contributed by atoms with Gasteiger partial charge in [-0.3, -0.25) is 4.79 Å². The zero-order chi connectivity index (χ0) is 15.2. The maximum absolute atomic E-state index is 12.2. The molecule has 6 heteroatoms. The summed E-state index contributed by atoms with van der Waals surface area (Å²) in [5, 5.41) is 3.88. The third-order valence-electron chi connectivity index (χ3n) is 2.72. The number of nitrogens with zero attached hydrogens (tertiary/aromatic N) is 1. The molecule has 1 aromatic heterocycles. The van der Waals surface area contributed by atoms with Crippen molar-refractivity contribution < 1.29 is 9.53 Å². The minimum Gasteiger partial charge on any atom is -0.495 e. The van der Waals surface area contributed by atoms with E-state index in [9.17, 15) is 4.79 Å². The van der Waals surface area contributed by atoms with Crippen molar-refractivity contribution in [3.63, 3.8) is 0 Å². The predicted molar refractivity (Wildman–Crippen MR) is 86.2 cm³/mol. The monoisotopic (exact) mass is 322 g/mol. The Morgan fingerprint density at radius 3 is 2.86 bits per heavy atom. The summed E-state index contributed by atoms with van der Waals surface area (Å²) in [4.78, 5) is 16.4. The molecule has 4 nitrogen and oxygen atoms in total. The maximum Gasteiger partial charge on any atom is 0.237 e. The molecule has 1 atom stereocenters. The number of aromatic nitrogens is 1. The molecule has 0 radical (unpaired) electrons. The van der Waals surface area contributed by atoms with Gasteiger partial charge in [0.25, 0.3) is 0 Å². The summed E-state index contributed by atoms with van der Waals surface area (Å²) in [5.74, 6) is 0.439. The van der Waals surface area contributed by atoms with E-state index in [-0.39, 0.29) is 11.2 Å². The van der Waals surface area contributed by atoms with Gasteiger partial charge in [0.15, 0.2) is 0 Å². The molecular formula is C15H15ClN2O2S. The highest BCUT2D eigenvalue weighted by Crippen LogP contribution is 2.29. The van der Waals surface area contributed by atoms with Crippen LogP contribution >= 0.6 is 23.4 Å². The van der Waals surface area contributed by atoms with E-state index in [1.165, 1.54) is 11.8 Å². The van der Waals surface area contributed by atoms with Crippen molar-refractivity contribution in [1.29, 1.82) is 0 Å². The fourth-order valence-electron chi connectivity index (χ4n) is 1.66. The smallest absolute Gasteiger partial charge is 0.237 e. The van der Waals surface area contributed by atoms with E-state index in [4.69, 9.17) is 16.3 Å². The number of hydrogen-bond donors (Lipinski definition) is 1. The SMILES string of the molecule is COc1ccc(Cl)cc1NC(=O)[C@H](C)Sc1ccccn1. The van der Waals surface area contributed by atoms with Gasteiger partial charge in [0.1, 0.15) is 5.75 Å². The molecule has 1 N–H and O–H groups in total. The number of benzene rings is 1. The second-order valence-electron chi connectivity index (χ2n) is 4.26. The zero-order valence-electron chi connectivity index (χ0n) is 11.7. The van der Waals surface area contributed by atoms with E-state index < -0.39 is 0 Å². The highest BCUT2D eigenvalue weighted by molar-refractivity contribution is 8.00. The highest BCUT2D eigenvalue weighted by atomic mass is 35.5. The second kappa shape index (κ2) is 7.33. The van der Waals surface area contributed by atoms with E-state index in [0.29, 0.717) is 16.5 Å². The van der Waals surface area contributed by atoms with Gasteiger partial charge in [-0.15, -0.1) is 0 Å². The number of amides is 1. The minimum absolute atomic E-state index is 0.133. The molecule has 1 heterocycles. The summed E-state index contributed by atoms with van der Waals surface area (Å²) in [6, 6.07) is 10.7. The Bertz CT molecular complexity index is 622. The Labute approximate surface area is 132 Å². The van der Waals surface area contributed by atoms with Crippen LogP contribution in [0.3, 0.4) is 0 Å². The van der Waals surface area contributed by atoms with Crippen molar-refractivity contribution in [2.45, 2.75) is 17.2 Å². The number of halogens is 1. The molecule has 1 amide bonds. The van der Waals surface area contributed by atoms with E-state index in [1.54, 1.807) is 31.5 Å². The maximum atomic E-state index is 12.2. The molecule has 0 spiro atoms. The minimum atomic E-state index is -0.288. The number of pyridine rings is 1. The molecule has 2 aromatic rings. The number of rotatable bonds is 5. The first kappa shape index (κ1) is 15.7. The molecule has 2 rings (SSSR count). The van der Waals surface area contributed by atoms with Crippen LogP contribution in [0.2, 0.25) is 5.02 Å². The Kier molecular flexibility index (Phi) is 5.47. The summed E-state index contributed by atoms with van der Waals surface area (Å²) in [7, 11) is 1.55. The highest BCUT2D eigenvalue weighted by Gasteiger charge is 2.17. The molecule has 110 valence electrons. The van der Waals surface area contributed by atoms with Gasteiger partial charge >= 0.3 is 0 Å². The average Bonchev–Trinajstić information content (AvgIpc) is 2.48. The molecule has 0 saturated heterocycles. The van der Waals surface area contributed by atoms with Gasteiger partial charge in [-0.05, 0) is 37.3 Å². The Morgan fingerprint density at radius 1 is 1.38 bits per heavy atom. The first-order chi connectivity index (χ1) is 10.1. The number of carbonyl (C=O) groups is 1. The van der Waals surface area contributed by atoms with E-state index in [1.807, 2.05) is 25.1 Å². The van der Waals surface area contributed by atoms with Crippen LogP contribution in [0.1, 0.15) is 6.92 Å². The van der Waals surface area contributed by atoms with Gasteiger partial charge in [0, 0.05) is 11.2 Å². The van der Waals surface area contributed by atoms with Gasteiger partial charge < -0.3 is 10.1 Å². The topological polar surface area (TPSA) is 51.2 Å². The van der Waals surface area contributed by atoms with Crippen LogP contribution in [0, 0.1) is 0 Å². The molecule has 0 fully saturated rings. The van der Waals surface area contributed by atoms with Gasteiger partial charge in [-0.2, -0.15) is 0 Å². The normalized spacial score (nSPS) is 11.8. The van der Waals surface area contributed by atoms with Crippen LogP contribution in [0.25, 0.3) is 0 Å². The predicted octanol–water partition coefficient (Wildman–Crippen LogP) is 3.86. The zero-order valence-corrected chi connectivity index (χ0v) is 13.2. The quantitative estimate of drug-likeness (QED) is 0.849. The lowest BCUT2D eigenvalue weighted by Crippen LogP contribution is -2.22. The van der Waals surface area contributed by atoms with E-state index in [0.717, 1.165) is 5.03 Å². The Balaban J connectivity index is 2.05. The summed E-state index contributed by atoms with van der Waals surface area (Å²) in [6.45, 7) is 1.83. The number of anilines is 1. The summed E-state index contributed by atoms with van der Waals surface area (Å²) >= 11 is 7.34. The summed E-state index contributed by atoms with van der Waals surface area (Å²) in [6.07, 6.45) is 1.70. The fraction of sp³-hybridized carbons (Fsp3) is 0.200. The fourth-order valence-corrected chi connectivity index (χ4v) is 2.64. The van der Waals surface area contributed by atoms with Gasteiger partial charge in [0.2, 0.25) is 5.91 Å². The molecule has 0 unspecified atom stereocenters. The van der Waals surface area contributed by atoms with E-state index in [2.05, 4.69) is 10.3 Å². The van der Waals surface area contributed by atoms with Gasteiger partial charge in [0.05, 0.1) is 23.1 Å². The molecular weight excluding hydrogens is 308 g/mol. The lowest BCUT2D eigenvalue weighted by Gasteiger charge is -2.14. The molecule has 0 aliphatic rings. The Morgan fingerprint density at radius 2 is 2.19 bits per heavy atom. The molecule has 0 bridgehead atoms. The molecule has 0 aliphatic heterocycles. The Hall–Kier alpha value is -1.72. The van der Waals surface area contributed by atoms with E-state index >= 15 is 0 Å². The molecule has 0 aliphatic carbocycles. The van der Waals surface area contributed by atoms with Crippen molar-refractivity contribution in [3.05, 3.63) is 47.6 Å². The third kappa shape index (κ3) is 4.37. The van der Waals surface area contributed by atoms with Crippen LogP contribution in [-0.4, -0.2) is 23.3 Å². The lowest BCUT2D eigenvalue weighted by atomic mass is 10.3. The first-order valence-corrected chi connectivity index (χ1v) is 7.58. The van der Waals surface area contributed by atoms with Crippen molar-refractivity contribution >= 4 is 35.0 Å². The number of methoxy groups -OCH3 is 1. The second-order valence-corrected chi connectivity index (χ2v) is 6.06. The number of hydrogen-bond acceptors (Lipinski definition) is 4. The average molecular weight is 323 g/mol. The first-order valence-electron chi connectivity index (χ1n) is 6.32. The number of ether oxygens (including phenoxy) is 1. The van der Waals surface area contributed by atoms with Crippen molar-refractivity contribution in [3.8, 4) is 5.75 Å². The number of nitrogens with one attached hydrogen (secondary N) is 1. The molecule has 1 aromatic carbocycles. The van der Waals surface area contributed by atoms with Crippen LogP contribution < -0.4 is 10.1 Å². The molecule has 0 saturated carbocycles. The van der Waals surface area contributed by atoms with Crippen LogP contribution in [0.5, 0.6) is 5.75 Å². The summed E-state index contributed by atoms with van der Waals surface area (Å²) < 4.78 is 5.21. The van der Waals surface area contributed by atoms with Crippen molar-refractivity contribution in [1.82, 2.24) is 4.98 Å². The van der Waals surface area contributed by atoms with Crippen molar-refractivity contribution in [2.24, 2.45) is 0 Å². The largest absolute Gasteiger partial charge is 0.495 e.